The number of aromatic amines is 2. The van der Waals surface area contributed by atoms with Gasteiger partial charge in [-0.15, -0.1) is 0 Å². The maximum Gasteiger partial charge on any atom is 0.216 e. The highest BCUT2D eigenvalue weighted by molar-refractivity contribution is 5.97. The first-order valence-corrected chi connectivity index (χ1v) is 21.9. The second-order valence-corrected chi connectivity index (χ2v) is 15.8. The highest BCUT2D eigenvalue weighted by atomic mass is 16.3. The summed E-state index contributed by atoms with van der Waals surface area (Å²) in [4.78, 5) is 18.8. The topological polar surface area (TPSA) is 113 Å². The molecular weight excluding hydrogens is 769 g/mol. The monoisotopic (exact) mass is 822 g/mol. The number of hydrogen-bond acceptors (Lipinski definition) is 4. The number of hydrogen-bond donors (Lipinski definition) is 4. The molecule has 62 heavy (non-hydrogen) atoms. The van der Waals surface area contributed by atoms with E-state index in [1.165, 1.54) is 0 Å². The fraction of sp³-hybridized carbons (Fsp3) is 0.231. The molecule has 10 heteroatoms. The summed E-state index contributed by atoms with van der Waals surface area (Å²) in [6.07, 6.45) is 21.1. The Balaban J connectivity index is 1.48. The van der Waals surface area contributed by atoms with E-state index in [-0.39, 0.29) is 13.2 Å². The number of aliphatic hydroxyl groups excluding tert-OH is 2. The molecule has 0 spiro atoms. The van der Waals surface area contributed by atoms with Crippen LogP contribution in [0.25, 0.3) is 91.4 Å². The van der Waals surface area contributed by atoms with Gasteiger partial charge in [-0.25, -0.2) is 9.97 Å². The lowest BCUT2D eigenvalue weighted by Crippen LogP contribution is -2.37. The van der Waals surface area contributed by atoms with E-state index >= 15 is 0 Å². The lowest BCUT2D eigenvalue weighted by atomic mass is 10.1. The van der Waals surface area contributed by atoms with Crippen LogP contribution in [0.5, 0.6) is 0 Å². The van der Waals surface area contributed by atoms with E-state index in [0.717, 1.165) is 129 Å². The number of aliphatic hydroxyl groups is 2. The number of rotatable bonds is 14. The van der Waals surface area contributed by atoms with Crippen molar-refractivity contribution in [3.05, 3.63) is 145 Å². The molecule has 8 bridgehead atoms. The number of pyridine rings is 4. The van der Waals surface area contributed by atoms with Gasteiger partial charge < -0.3 is 20.2 Å². The Morgan fingerprint density at radius 3 is 0.968 bits per heavy atom. The molecule has 0 fully saturated rings. The van der Waals surface area contributed by atoms with Gasteiger partial charge in [0, 0.05) is 61.4 Å². The average molecular weight is 823 g/mol. The Bertz CT molecular complexity index is 2800. The van der Waals surface area contributed by atoms with Crippen LogP contribution in [-0.2, 0) is 26.2 Å². The number of H-pyrrole nitrogens is 2. The van der Waals surface area contributed by atoms with Crippen LogP contribution in [0.3, 0.4) is 0 Å². The number of nitrogens with one attached hydrogen (secondary N) is 2. The van der Waals surface area contributed by atoms with E-state index < -0.39 is 0 Å². The largest absolute Gasteiger partial charge is 0.390 e. The standard InChI is InChI=1S/C52H53N8O2/c1-3-5-27-57-29-11-7-15-45(57)49-37-19-20-38(53-37)50(46-16-8-12-30-58(46)28-6-4-2)40-22-24-42(55-40)52(48-18-10-14-32-60(48)34-36-62)44-26-25-43(56-44)51(41-23-21-39(49)54-41)47-17-9-13-31-59(47)33-35-61/h7-26,29-32,61-62H,3-6,27-28,33-36H2,1-2H3,(H,53,54,55,56)/q+3/p+1. The normalized spacial score (nSPS) is 12.1. The van der Waals surface area contributed by atoms with Crippen LogP contribution in [0.15, 0.2) is 122 Å². The Labute approximate surface area is 362 Å². The minimum absolute atomic E-state index is 0.00808. The van der Waals surface area contributed by atoms with E-state index in [4.69, 9.17) is 9.97 Å². The molecule has 0 saturated carbocycles. The number of unbranched alkanes of at least 4 members (excludes halogenated alkanes) is 2. The van der Waals surface area contributed by atoms with Crippen LogP contribution in [-0.4, -0.2) is 43.4 Å². The van der Waals surface area contributed by atoms with Gasteiger partial charge in [-0.3, -0.25) is 0 Å². The molecule has 9 rings (SSSR count). The van der Waals surface area contributed by atoms with Crippen molar-refractivity contribution < 1.29 is 28.5 Å². The molecule has 2 aliphatic rings. The molecule has 9 heterocycles. The van der Waals surface area contributed by atoms with Gasteiger partial charge in [0.2, 0.25) is 22.8 Å². The number of nitrogens with zero attached hydrogens (tertiary/aromatic N) is 6. The predicted octanol–water partition coefficient (Wildman–Crippen LogP) is 8.06. The summed E-state index contributed by atoms with van der Waals surface area (Å²) in [5, 5.41) is 20.4. The Hall–Kier alpha value is -6.88. The van der Waals surface area contributed by atoms with Gasteiger partial charge in [0.15, 0.2) is 37.9 Å². The quantitative estimate of drug-likeness (QED) is 0.0832. The summed E-state index contributed by atoms with van der Waals surface area (Å²) in [6.45, 7) is 7.04. The molecule has 0 amide bonds. The van der Waals surface area contributed by atoms with Gasteiger partial charge >= 0.3 is 0 Å². The van der Waals surface area contributed by atoms with Crippen LogP contribution < -0.4 is 18.3 Å². The van der Waals surface area contributed by atoms with E-state index in [9.17, 15) is 10.2 Å². The molecule has 10 nitrogen and oxygen atoms in total. The maximum absolute atomic E-state index is 10.2. The Kier molecular flexibility index (Phi) is 12.0. The zero-order valence-electron chi connectivity index (χ0n) is 35.5. The van der Waals surface area contributed by atoms with E-state index in [0.29, 0.717) is 13.1 Å². The van der Waals surface area contributed by atoms with Crippen LogP contribution in [0, 0.1) is 0 Å². The average Bonchev–Trinajstić information content (AvgIpc) is 4.15. The zero-order valence-corrected chi connectivity index (χ0v) is 35.5. The minimum Gasteiger partial charge on any atom is -0.390 e. The molecule has 0 atom stereocenters. The first-order chi connectivity index (χ1) is 30.6. The summed E-state index contributed by atoms with van der Waals surface area (Å²) >= 11 is 0. The number of aryl methyl sites for hydroxylation is 2. The third-order valence-electron chi connectivity index (χ3n) is 11.7. The smallest absolute Gasteiger partial charge is 0.216 e. The predicted molar refractivity (Wildman–Crippen MR) is 245 cm³/mol. The van der Waals surface area contributed by atoms with Crippen molar-refractivity contribution in [1.82, 2.24) is 19.9 Å². The first-order valence-electron chi connectivity index (χ1n) is 21.9. The second kappa shape index (κ2) is 18.4. The lowest BCUT2D eigenvalue weighted by Gasteiger charge is -2.07. The molecule has 0 aliphatic carbocycles. The van der Waals surface area contributed by atoms with Gasteiger partial charge in [0.05, 0.1) is 67.1 Å². The summed E-state index contributed by atoms with van der Waals surface area (Å²) in [5.41, 5.74) is 14.8. The van der Waals surface area contributed by atoms with Gasteiger partial charge in [-0.05, 0) is 72.8 Å². The van der Waals surface area contributed by atoms with Gasteiger partial charge in [-0.1, -0.05) is 26.7 Å². The van der Waals surface area contributed by atoms with Crippen molar-refractivity contribution in [3.8, 4) is 45.0 Å². The minimum atomic E-state index is -0.00808. The fourth-order valence-corrected chi connectivity index (χ4v) is 8.75. The number of fused-ring (bicyclic) bond motifs is 8. The zero-order chi connectivity index (χ0) is 42.4. The van der Waals surface area contributed by atoms with Crippen molar-refractivity contribution >= 4 is 46.4 Å². The van der Waals surface area contributed by atoms with E-state index in [2.05, 4.69) is 152 Å². The first kappa shape index (κ1) is 40.5. The molecule has 4 N–H and O–H groups in total. The van der Waals surface area contributed by atoms with Crippen molar-refractivity contribution in [2.75, 3.05) is 13.2 Å². The van der Waals surface area contributed by atoms with Crippen LogP contribution in [0.4, 0.5) is 0 Å². The molecule has 0 saturated heterocycles. The SMILES string of the molecule is CCCC[n+]1ccccc1-c1c2nc(c(-c3cccc[n+]3CCCC)c3ccc([nH]3)c(-c3cccc[n+]3CCO)c3nc(c(-c4cccc[n+]4CCO)c4ccc1[nH]4)C=C3)C=C2. The summed E-state index contributed by atoms with van der Waals surface area (Å²) in [5.74, 6) is 0. The summed E-state index contributed by atoms with van der Waals surface area (Å²) < 4.78 is 8.85. The summed E-state index contributed by atoms with van der Waals surface area (Å²) in [7, 11) is 0. The van der Waals surface area contributed by atoms with Crippen molar-refractivity contribution in [2.24, 2.45) is 0 Å². The third-order valence-corrected chi connectivity index (χ3v) is 11.7. The molecule has 310 valence electrons. The van der Waals surface area contributed by atoms with E-state index in [1.807, 2.05) is 36.7 Å². The molecule has 0 radical (unpaired) electrons. The highest BCUT2D eigenvalue weighted by Crippen LogP contribution is 2.36. The second-order valence-electron chi connectivity index (χ2n) is 15.8. The van der Waals surface area contributed by atoms with Crippen LogP contribution in [0.2, 0.25) is 0 Å². The van der Waals surface area contributed by atoms with Gasteiger partial charge in [-0.2, -0.15) is 18.3 Å². The molecule has 7 aromatic rings. The molecular formula is C52H54N8O2+4. The fourth-order valence-electron chi connectivity index (χ4n) is 8.75. The van der Waals surface area contributed by atoms with Gasteiger partial charge in [0.1, 0.15) is 26.3 Å². The third kappa shape index (κ3) is 7.90. The number of aromatic nitrogens is 8. The Morgan fingerprint density at radius 1 is 0.403 bits per heavy atom. The van der Waals surface area contributed by atoms with E-state index in [1.54, 1.807) is 0 Å². The van der Waals surface area contributed by atoms with Crippen molar-refractivity contribution in [1.29, 1.82) is 0 Å². The Morgan fingerprint density at radius 2 is 0.694 bits per heavy atom. The maximum atomic E-state index is 10.2. The van der Waals surface area contributed by atoms with Crippen molar-refractivity contribution in [2.45, 2.75) is 65.7 Å². The molecule has 0 unspecified atom stereocenters. The van der Waals surface area contributed by atoms with Crippen molar-refractivity contribution in [3.63, 3.8) is 0 Å². The molecule has 0 aromatic carbocycles. The lowest BCUT2D eigenvalue weighted by molar-refractivity contribution is -0.687. The van der Waals surface area contributed by atoms with Crippen LogP contribution in [0.1, 0.15) is 62.3 Å². The highest BCUT2D eigenvalue weighted by Gasteiger charge is 2.27. The molecule has 7 aromatic heterocycles. The molecule has 2 aliphatic heterocycles. The summed E-state index contributed by atoms with van der Waals surface area (Å²) in [6, 6.07) is 33.6. The van der Waals surface area contributed by atoms with Crippen LogP contribution >= 0.6 is 0 Å². The van der Waals surface area contributed by atoms with Gasteiger partial charge in [0.25, 0.3) is 0 Å².